The number of hydrogen-bond donors (Lipinski definition) is 1. The lowest BCUT2D eigenvalue weighted by molar-refractivity contribution is 0.412. The number of nitrogens with one attached hydrogen (secondary N) is 1. The summed E-state index contributed by atoms with van der Waals surface area (Å²) in [7, 11) is 0.462. The summed E-state index contributed by atoms with van der Waals surface area (Å²) in [5, 5.41) is 3.57. The third-order valence-electron chi connectivity index (χ3n) is 3.56. The maximum Gasteiger partial charge on any atom is 0.230 e. The predicted octanol–water partition coefficient (Wildman–Crippen LogP) is 3.96. The molecule has 0 bridgehead atoms. The lowest BCUT2D eigenvalue weighted by atomic mass is 10.2. The van der Waals surface area contributed by atoms with Gasteiger partial charge in [-0.1, -0.05) is 11.6 Å². The Hall–Kier alpha value is -2.58. The lowest BCUT2D eigenvalue weighted by Gasteiger charge is -2.10. The standard InChI is InChI=1S/C18H16ClFN4O2S/c1-26-16-8-13(20)3-4-15(16)17-21-10-22-18(24-17)23-14-6-11(9-27(2)25)5-12(19)7-14/h3-8,10H,9H2,1-2H3,(H,21,22,23,24)/t27-/m1/s1. The summed E-state index contributed by atoms with van der Waals surface area (Å²) < 4.78 is 30.1. The number of hydrogen-bond acceptors (Lipinski definition) is 6. The van der Waals surface area contributed by atoms with E-state index < -0.39 is 16.6 Å². The van der Waals surface area contributed by atoms with Gasteiger partial charge in [0.25, 0.3) is 0 Å². The number of ether oxygens (including phenoxy) is 1. The Kier molecular flexibility index (Phi) is 5.98. The average Bonchev–Trinajstić information content (AvgIpc) is 2.60. The molecule has 3 rings (SSSR count). The third kappa shape index (κ3) is 4.99. The number of rotatable bonds is 6. The fourth-order valence-electron chi connectivity index (χ4n) is 2.51. The molecule has 1 N–H and O–H groups in total. The minimum Gasteiger partial charge on any atom is -0.496 e. The molecule has 0 saturated carbocycles. The van der Waals surface area contributed by atoms with E-state index in [9.17, 15) is 8.60 Å². The molecule has 0 saturated heterocycles. The molecule has 0 aliphatic heterocycles. The molecule has 0 aliphatic carbocycles. The molecule has 0 radical (unpaired) electrons. The van der Waals surface area contributed by atoms with Crippen molar-refractivity contribution in [2.45, 2.75) is 5.75 Å². The van der Waals surface area contributed by atoms with E-state index in [1.165, 1.54) is 25.6 Å². The quantitative estimate of drug-likeness (QED) is 0.667. The van der Waals surface area contributed by atoms with Crippen molar-refractivity contribution in [3.63, 3.8) is 0 Å². The van der Waals surface area contributed by atoms with E-state index in [4.69, 9.17) is 16.3 Å². The van der Waals surface area contributed by atoms with Gasteiger partial charge >= 0.3 is 0 Å². The molecule has 1 atom stereocenters. The van der Waals surface area contributed by atoms with E-state index in [0.717, 1.165) is 5.56 Å². The molecule has 140 valence electrons. The Labute approximate surface area is 163 Å². The fraction of sp³-hybridized carbons (Fsp3) is 0.167. The summed E-state index contributed by atoms with van der Waals surface area (Å²) in [6.07, 6.45) is 2.97. The van der Waals surface area contributed by atoms with E-state index >= 15 is 0 Å². The zero-order chi connectivity index (χ0) is 19.4. The van der Waals surface area contributed by atoms with Gasteiger partial charge in [0.05, 0.1) is 12.7 Å². The summed E-state index contributed by atoms with van der Waals surface area (Å²) >= 11 is 6.14. The second-order valence-corrected chi connectivity index (χ2v) is 7.54. The lowest BCUT2D eigenvalue weighted by Crippen LogP contribution is -2.02. The molecule has 0 spiro atoms. The number of benzene rings is 2. The minimum atomic E-state index is -0.986. The zero-order valence-corrected chi connectivity index (χ0v) is 16.1. The van der Waals surface area contributed by atoms with Gasteiger partial charge in [0.2, 0.25) is 5.95 Å². The van der Waals surface area contributed by atoms with Crippen LogP contribution in [-0.2, 0) is 16.6 Å². The fourth-order valence-corrected chi connectivity index (χ4v) is 3.40. The van der Waals surface area contributed by atoms with Crippen LogP contribution in [-0.4, -0.2) is 32.5 Å². The summed E-state index contributed by atoms with van der Waals surface area (Å²) in [4.78, 5) is 12.6. The first-order valence-electron chi connectivity index (χ1n) is 7.84. The second-order valence-electron chi connectivity index (χ2n) is 5.67. The maximum atomic E-state index is 13.4. The van der Waals surface area contributed by atoms with Gasteiger partial charge in [-0.25, -0.2) is 14.4 Å². The number of nitrogens with zero attached hydrogens (tertiary/aromatic N) is 3. The summed E-state index contributed by atoms with van der Waals surface area (Å²) in [6.45, 7) is 0. The van der Waals surface area contributed by atoms with E-state index in [0.29, 0.717) is 33.6 Å². The predicted molar refractivity (Wildman–Crippen MR) is 104 cm³/mol. The van der Waals surface area contributed by atoms with Crippen molar-refractivity contribution in [1.29, 1.82) is 0 Å². The molecule has 1 heterocycles. The van der Waals surface area contributed by atoms with Crippen LogP contribution in [0, 0.1) is 5.82 Å². The first kappa shape index (κ1) is 19.2. The van der Waals surface area contributed by atoms with E-state index in [1.54, 1.807) is 24.5 Å². The molecule has 0 unspecified atom stereocenters. The van der Waals surface area contributed by atoms with Gasteiger partial charge in [-0.05, 0) is 35.9 Å². The van der Waals surface area contributed by atoms with Gasteiger partial charge in [0.15, 0.2) is 5.82 Å². The molecule has 27 heavy (non-hydrogen) atoms. The first-order valence-corrected chi connectivity index (χ1v) is 9.94. The Bertz CT molecular complexity index is 1000. The summed E-state index contributed by atoms with van der Waals surface area (Å²) in [5.41, 5.74) is 2.03. The number of halogens is 2. The second kappa shape index (κ2) is 8.41. The SMILES string of the molecule is COc1cc(F)ccc1-c1ncnc(Nc2cc(Cl)cc(C[S@@](C)=O)c2)n1. The van der Waals surface area contributed by atoms with Crippen LogP contribution in [0.4, 0.5) is 16.0 Å². The molecule has 0 aliphatic rings. The van der Waals surface area contributed by atoms with E-state index in [2.05, 4.69) is 20.3 Å². The summed E-state index contributed by atoms with van der Waals surface area (Å²) in [5.74, 6) is 0.925. The summed E-state index contributed by atoms with van der Waals surface area (Å²) in [6, 6.07) is 9.42. The van der Waals surface area contributed by atoms with Crippen molar-refractivity contribution in [3.05, 3.63) is 59.1 Å². The van der Waals surface area contributed by atoms with Crippen molar-refractivity contribution in [2.24, 2.45) is 0 Å². The topological polar surface area (TPSA) is 77.0 Å². The monoisotopic (exact) mass is 406 g/mol. The molecule has 1 aromatic heterocycles. The van der Waals surface area contributed by atoms with Gasteiger partial charge in [-0.3, -0.25) is 4.21 Å². The molecule has 9 heteroatoms. The molecule has 0 fully saturated rings. The molecular weight excluding hydrogens is 391 g/mol. The van der Waals surface area contributed by atoms with E-state index in [-0.39, 0.29) is 5.95 Å². The molecular formula is C18H16ClFN4O2S. The van der Waals surface area contributed by atoms with Crippen molar-refractivity contribution in [3.8, 4) is 17.1 Å². The molecule has 2 aromatic carbocycles. The van der Waals surface area contributed by atoms with Crippen LogP contribution in [0.3, 0.4) is 0 Å². The Balaban J connectivity index is 1.91. The highest BCUT2D eigenvalue weighted by molar-refractivity contribution is 7.83. The van der Waals surface area contributed by atoms with Crippen molar-refractivity contribution in [2.75, 3.05) is 18.7 Å². The Morgan fingerprint density at radius 2 is 2.04 bits per heavy atom. The van der Waals surface area contributed by atoms with Crippen LogP contribution in [0.1, 0.15) is 5.56 Å². The van der Waals surface area contributed by atoms with Gasteiger partial charge in [0.1, 0.15) is 17.9 Å². The molecule has 0 amide bonds. The van der Waals surface area contributed by atoms with Crippen LogP contribution in [0.2, 0.25) is 5.02 Å². The average molecular weight is 407 g/mol. The zero-order valence-electron chi connectivity index (χ0n) is 14.6. The van der Waals surface area contributed by atoms with Crippen LogP contribution in [0.5, 0.6) is 5.75 Å². The van der Waals surface area contributed by atoms with Gasteiger partial charge < -0.3 is 10.1 Å². The van der Waals surface area contributed by atoms with Crippen LogP contribution in [0.25, 0.3) is 11.4 Å². The molecule has 6 nitrogen and oxygen atoms in total. The molecule has 3 aromatic rings. The Morgan fingerprint density at radius 1 is 1.22 bits per heavy atom. The van der Waals surface area contributed by atoms with Crippen LogP contribution in [0.15, 0.2) is 42.7 Å². The minimum absolute atomic E-state index is 0.289. The number of aromatic nitrogens is 3. The number of methoxy groups -OCH3 is 1. The largest absolute Gasteiger partial charge is 0.496 e. The number of anilines is 2. The highest BCUT2D eigenvalue weighted by atomic mass is 35.5. The van der Waals surface area contributed by atoms with E-state index in [1.807, 2.05) is 6.07 Å². The van der Waals surface area contributed by atoms with Crippen molar-refractivity contribution < 1.29 is 13.3 Å². The van der Waals surface area contributed by atoms with Gasteiger partial charge in [-0.15, -0.1) is 0 Å². The third-order valence-corrected chi connectivity index (χ3v) is 4.52. The van der Waals surface area contributed by atoms with Crippen molar-refractivity contribution >= 4 is 34.0 Å². The first-order chi connectivity index (χ1) is 12.9. The highest BCUT2D eigenvalue weighted by Crippen LogP contribution is 2.29. The normalized spacial score (nSPS) is 11.9. The van der Waals surface area contributed by atoms with Crippen LogP contribution >= 0.6 is 11.6 Å². The maximum absolute atomic E-state index is 13.4. The van der Waals surface area contributed by atoms with Crippen LogP contribution < -0.4 is 10.1 Å². The van der Waals surface area contributed by atoms with Gasteiger partial charge in [-0.2, -0.15) is 4.98 Å². The van der Waals surface area contributed by atoms with Gasteiger partial charge in [0, 0.05) is 39.6 Å². The van der Waals surface area contributed by atoms with Crippen molar-refractivity contribution in [1.82, 2.24) is 15.0 Å². The highest BCUT2D eigenvalue weighted by Gasteiger charge is 2.12. The smallest absolute Gasteiger partial charge is 0.230 e. The Morgan fingerprint density at radius 3 is 2.78 bits per heavy atom.